The van der Waals surface area contributed by atoms with Gasteiger partial charge in [0.15, 0.2) is 0 Å². The molecule has 0 aliphatic heterocycles. The second-order valence-corrected chi connectivity index (χ2v) is 7.28. The van der Waals surface area contributed by atoms with Crippen molar-refractivity contribution in [3.63, 3.8) is 0 Å². The average Bonchev–Trinajstić information content (AvgIpc) is 2.60. The summed E-state index contributed by atoms with van der Waals surface area (Å²) in [5, 5.41) is 10.0. The Morgan fingerprint density at radius 1 is 1.38 bits per heavy atom. The van der Waals surface area contributed by atoms with Gasteiger partial charge in [-0.25, -0.2) is 4.79 Å². The van der Waals surface area contributed by atoms with Crippen LogP contribution >= 0.6 is 0 Å². The molecule has 0 radical (unpaired) electrons. The van der Waals surface area contributed by atoms with Crippen molar-refractivity contribution in [3.05, 3.63) is 29.3 Å². The molecule has 24 heavy (non-hydrogen) atoms. The number of benzene rings is 1. The molecule has 1 amide bonds. The van der Waals surface area contributed by atoms with E-state index in [1.807, 2.05) is 31.0 Å². The molecule has 3 unspecified atom stereocenters. The van der Waals surface area contributed by atoms with Crippen molar-refractivity contribution in [2.24, 2.45) is 5.92 Å². The van der Waals surface area contributed by atoms with Crippen LogP contribution < -0.4 is 0 Å². The highest BCUT2D eigenvalue weighted by atomic mass is 16.6. The fraction of sp³-hybridized carbons (Fsp3) is 0.650. The first-order chi connectivity index (χ1) is 11.5. The van der Waals surface area contributed by atoms with Gasteiger partial charge in [-0.1, -0.05) is 25.8 Å². The zero-order chi connectivity index (χ0) is 17.3. The zero-order valence-electron chi connectivity index (χ0n) is 15.0. The standard InChI is InChI=1S/C20H29NO3/c1-4-20-11-7-6-8-16(20)18(21(3)19(23)24-5-2)12-14-9-10-15(22)13-17(14)20/h9-10,13,16,18,22H,4-8,11-12H2,1-3H3. The van der Waals surface area contributed by atoms with E-state index in [-0.39, 0.29) is 17.6 Å². The Bertz CT molecular complexity index is 615. The number of carbonyl (C=O) groups excluding carboxylic acids is 1. The molecule has 1 aromatic rings. The summed E-state index contributed by atoms with van der Waals surface area (Å²) in [4.78, 5) is 14.2. The first-order valence-corrected chi connectivity index (χ1v) is 9.25. The second-order valence-electron chi connectivity index (χ2n) is 7.28. The van der Waals surface area contributed by atoms with E-state index < -0.39 is 0 Å². The SMILES string of the molecule is CCOC(=O)N(C)C1Cc2ccc(O)cc2C2(CC)CCCCC12. The maximum absolute atomic E-state index is 12.3. The Morgan fingerprint density at radius 3 is 2.88 bits per heavy atom. The van der Waals surface area contributed by atoms with E-state index in [2.05, 4.69) is 6.92 Å². The van der Waals surface area contributed by atoms with Crippen LogP contribution in [-0.2, 0) is 16.6 Å². The molecule has 1 N–H and O–H groups in total. The largest absolute Gasteiger partial charge is 0.508 e. The molecular formula is C20H29NO3. The van der Waals surface area contributed by atoms with Crippen molar-refractivity contribution in [3.8, 4) is 5.75 Å². The van der Waals surface area contributed by atoms with E-state index in [1.54, 1.807) is 6.07 Å². The molecule has 4 nitrogen and oxygen atoms in total. The van der Waals surface area contributed by atoms with Gasteiger partial charge in [-0.3, -0.25) is 0 Å². The van der Waals surface area contributed by atoms with Gasteiger partial charge in [0.2, 0.25) is 0 Å². The van der Waals surface area contributed by atoms with Crippen LogP contribution in [0.4, 0.5) is 4.79 Å². The Kier molecular flexibility index (Phi) is 4.75. The number of phenols is 1. The number of carbonyl (C=O) groups is 1. The van der Waals surface area contributed by atoms with Gasteiger partial charge in [-0.05, 0) is 61.8 Å². The van der Waals surface area contributed by atoms with Gasteiger partial charge in [0, 0.05) is 18.5 Å². The van der Waals surface area contributed by atoms with Gasteiger partial charge in [0.25, 0.3) is 0 Å². The number of nitrogens with zero attached hydrogens (tertiary/aromatic N) is 1. The van der Waals surface area contributed by atoms with E-state index in [0.29, 0.717) is 18.3 Å². The molecule has 3 rings (SSSR count). The van der Waals surface area contributed by atoms with Crippen molar-refractivity contribution in [1.82, 2.24) is 4.90 Å². The topological polar surface area (TPSA) is 49.8 Å². The number of likely N-dealkylation sites (N-methyl/N-ethyl adjacent to an activating group) is 1. The molecule has 1 aromatic carbocycles. The van der Waals surface area contributed by atoms with Crippen molar-refractivity contribution < 1.29 is 14.6 Å². The molecule has 2 aliphatic carbocycles. The summed E-state index contributed by atoms with van der Waals surface area (Å²) in [5.41, 5.74) is 2.65. The van der Waals surface area contributed by atoms with Crippen molar-refractivity contribution in [2.45, 2.75) is 63.8 Å². The maximum Gasteiger partial charge on any atom is 0.409 e. The van der Waals surface area contributed by atoms with E-state index in [4.69, 9.17) is 4.74 Å². The molecule has 1 fully saturated rings. The Balaban J connectivity index is 2.05. The zero-order valence-corrected chi connectivity index (χ0v) is 15.0. The highest BCUT2D eigenvalue weighted by Gasteiger charge is 2.50. The monoisotopic (exact) mass is 331 g/mol. The summed E-state index contributed by atoms with van der Waals surface area (Å²) in [6.45, 7) is 4.50. The number of fused-ring (bicyclic) bond motifs is 3. The van der Waals surface area contributed by atoms with Crippen molar-refractivity contribution in [1.29, 1.82) is 0 Å². The Labute approximate surface area is 144 Å². The number of phenolic OH excluding ortho intramolecular Hbond substituents is 1. The van der Waals surface area contributed by atoms with Crippen LogP contribution in [0.1, 0.15) is 57.1 Å². The van der Waals surface area contributed by atoms with E-state index in [0.717, 1.165) is 25.7 Å². The quantitative estimate of drug-likeness (QED) is 0.901. The van der Waals surface area contributed by atoms with Gasteiger partial charge < -0.3 is 14.7 Å². The van der Waals surface area contributed by atoms with Gasteiger partial charge in [-0.2, -0.15) is 0 Å². The molecule has 0 spiro atoms. The lowest BCUT2D eigenvalue weighted by molar-refractivity contribution is 0.0421. The number of amides is 1. The number of rotatable bonds is 3. The molecule has 0 aromatic heterocycles. The molecule has 132 valence electrons. The summed E-state index contributed by atoms with van der Waals surface area (Å²) in [6, 6.07) is 5.95. The first kappa shape index (κ1) is 17.1. The summed E-state index contributed by atoms with van der Waals surface area (Å²) >= 11 is 0. The molecule has 0 bridgehead atoms. The van der Waals surface area contributed by atoms with Crippen molar-refractivity contribution >= 4 is 6.09 Å². The van der Waals surface area contributed by atoms with E-state index in [9.17, 15) is 9.90 Å². The smallest absolute Gasteiger partial charge is 0.409 e. The summed E-state index contributed by atoms with van der Waals surface area (Å²) in [6.07, 6.45) is 6.37. The predicted octanol–water partition coefficient (Wildman–Crippen LogP) is 4.24. The average molecular weight is 331 g/mol. The lowest BCUT2D eigenvalue weighted by atomic mass is 9.54. The molecule has 1 saturated carbocycles. The summed E-state index contributed by atoms with van der Waals surface area (Å²) in [7, 11) is 1.88. The first-order valence-electron chi connectivity index (χ1n) is 9.25. The van der Waals surface area contributed by atoms with Gasteiger partial charge in [0.1, 0.15) is 5.75 Å². The van der Waals surface area contributed by atoms with Gasteiger partial charge in [-0.15, -0.1) is 0 Å². The van der Waals surface area contributed by atoms with Crippen LogP contribution in [0.25, 0.3) is 0 Å². The molecule has 0 heterocycles. The highest BCUT2D eigenvalue weighted by molar-refractivity contribution is 5.68. The molecule has 4 heteroatoms. The van der Waals surface area contributed by atoms with E-state index in [1.165, 1.54) is 24.0 Å². The third kappa shape index (κ3) is 2.66. The van der Waals surface area contributed by atoms with Gasteiger partial charge in [0.05, 0.1) is 6.61 Å². The number of ether oxygens (including phenoxy) is 1. The molecule has 3 atom stereocenters. The second kappa shape index (κ2) is 6.66. The van der Waals surface area contributed by atoms with Crippen LogP contribution in [0.5, 0.6) is 5.75 Å². The van der Waals surface area contributed by atoms with Crippen LogP contribution in [-0.4, -0.2) is 35.8 Å². The maximum atomic E-state index is 12.3. The van der Waals surface area contributed by atoms with Gasteiger partial charge >= 0.3 is 6.09 Å². The third-order valence-electron chi connectivity index (χ3n) is 6.31. The minimum Gasteiger partial charge on any atom is -0.508 e. The minimum absolute atomic E-state index is 0.0655. The highest BCUT2D eigenvalue weighted by Crippen LogP contribution is 2.53. The Hall–Kier alpha value is -1.71. The van der Waals surface area contributed by atoms with Crippen molar-refractivity contribution in [2.75, 3.05) is 13.7 Å². The van der Waals surface area contributed by atoms with E-state index >= 15 is 0 Å². The normalized spacial score (nSPS) is 28.6. The summed E-state index contributed by atoms with van der Waals surface area (Å²) in [5.74, 6) is 0.781. The summed E-state index contributed by atoms with van der Waals surface area (Å²) < 4.78 is 5.26. The Morgan fingerprint density at radius 2 is 2.17 bits per heavy atom. The fourth-order valence-electron chi connectivity index (χ4n) is 5.13. The van der Waals surface area contributed by atoms with Crippen LogP contribution in [0.15, 0.2) is 18.2 Å². The molecular weight excluding hydrogens is 302 g/mol. The predicted molar refractivity (Wildman–Crippen MR) is 94.3 cm³/mol. The molecule has 2 aliphatic rings. The number of hydrogen-bond donors (Lipinski definition) is 1. The van der Waals surface area contributed by atoms with Crippen LogP contribution in [0, 0.1) is 5.92 Å². The fourth-order valence-corrected chi connectivity index (χ4v) is 5.13. The lowest BCUT2D eigenvalue weighted by Gasteiger charge is -2.53. The van der Waals surface area contributed by atoms with Crippen LogP contribution in [0.2, 0.25) is 0 Å². The number of aromatic hydroxyl groups is 1. The lowest BCUT2D eigenvalue weighted by Crippen LogP contribution is -2.55. The third-order valence-corrected chi connectivity index (χ3v) is 6.31. The minimum atomic E-state index is -0.222. The number of hydrogen-bond acceptors (Lipinski definition) is 3. The molecule has 0 saturated heterocycles. The van der Waals surface area contributed by atoms with Crippen LogP contribution in [0.3, 0.4) is 0 Å².